The molecule has 0 unspecified atom stereocenters. The SMILES string of the molecule is CCn1c(SCc2ccc(OC)c(OC)c2)nnc(Nc2ccc(C(N)=O)cc2)c1=O. The summed E-state index contributed by atoms with van der Waals surface area (Å²) in [5.74, 6) is 1.46. The maximum atomic E-state index is 12.9. The highest BCUT2D eigenvalue weighted by atomic mass is 32.2. The molecular weight excluding hydrogens is 418 g/mol. The number of ether oxygens (including phenoxy) is 2. The van der Waals surface area contributed by atoms with Crippen molar-refractivity contribution in [3.05, 3.63) is 63.9 Å². The molecule has 162 valence electrons. The van der Waals surface area contributed by atoms with E-state index >= 15 is 0 Å². The number of nitrogens with zero attached hydrogens (tertiary/aromatic N) is 3. The van der Waals surface area contributed by atoms with Gasteiger partial charge in [-0.25, -0.2) is 0 Å². The van der Waals surface area contributed by atoms with E-state index in [4.69, 9.17) is 15.2 Å². The number of amides is 1. The first-order chi connectivity index (χ1) is 15.0. The second-order valence-electron chi connectivity index (χ2n) is 6.43. The Morgan fingerprint density at radius 1 is 1.10 bits per heavy atom. The third kappa shape index (κ3) is 5.15. The van der Waals surface area contributed by atoms with Crippen LogP contribution in [0.4, 0.5) is 11.5 Å². The molecule has 31 heavy (non-hydrogen) atoms. The number of rotatable bonds is 9. The Kier molecular flexibility index (Phi) is 7.14. The van der Waals surface area contributed by atoms with E-state index in [0.29, 0.717) is 40.2 Å². The monoisotopic (exact) mass is 441 g/mol. The molecular formula is C21H23N5O4S. The van der Waals surface area contributed by atoms with Crippen molar-refractivity contribution in [1.29, 1.82) is 0 Å². The summed E-state index contributed by atoms with van der Waals surface area (Å²) in [7, 11) is 3.17. The number of thioether (sulfide) groups is 1. The number of carbonyl (C=O) groups excluding carboxylic acids is 1. The lowest BCUT2D eigenvalue weighted by Crippen LogP contribution is -2.26. The molecule has 0 atom stereocenters. The lowest BCUT2D eigenvalue weighted by atomic mass is 10.2. The van der Waals surface area contributed by atoms with Crippen LogP contribution < -0.4 is 26.1 Å². The number of nitrogens with two attached hydrogens (primary N) is 1. The molecule has 0 aliphatic heterocycles. The van der Waals surface area contributed by atoms with Crippen LogP contribution in [0.1, 0.15) is 22.8 Å². The summed E-state index contributed by atoms with van der Waals surface area (Å²) >= 11 is 1.41. The van der Waals surface area contributed by atoms with E-state index in [-0.39, 0.29) is 11.4 Å². The number of aromatic nitrogens is 3. The Morgan fingerprint density at radius 2 is 1.81 bits per heavy atom. The third-order valence-corrected chi connectivity index (χ3v) is 5.52. The van der Waals surface area contributed by atoms with Crippen LogP contribution in [0.15, 0.2) is 52.4 Å². The van der Waals surface area contributed by atoms with Gasteiger partial charge >= 0.3 is 0 Å². The molecule has 3 aromatic rings. The van der Waals surface area contributed by atoms with Crippen molar-refractivity contribution >= 4 is 29.2 Å². The van der Waals surface area contributed by atoms with Gasteiger partial charge < -0.3 is 20.5 Å². The minimum absolute atomic E-state index is 0.101. The second kappa shape index (κ2) is 9.98. The van der Waals surface area contributed by atoms with Gasteiger partial charge in [-0.2, -0.15) is 0 Å². The van der Waals surface area contributed by atoms with Crippen molar-refractivity contribution in [2.24, 2.45) is 5.73 Å². The van der Waals surface area contributed by atoms with Crippen LogP contribution in [0.5, 0.6) is 11.5 Å². The number of primary amides is 1. The largest absolute Gasteiger partial charge is 0.493 e. The fourth-order valence-electron chi connectivity index (χ4n) is 2.84. The van der Waals surface area contributed by atoms with Crippen LogP contribution in [-0.4, -0.2) is 34.9 Å². The Morgan fingerprint density at radius 3 is 2.42 bits per heavy atom. The number of anilines is 2. The number of benzene rings is 2. The summed E-state index contributed by atoms with van der Waals surface area (Å²) < 4.78 is 12.1. The average Bonchev–Trinajstić information content (AvgIpc) is 2.79. The highest BCUT2D eigenvalue weighted by Gasteiger charge is 2.13. The average molecular weight is 442 g/mol. The van der Waals surface area contributed by atoms with Crippen molar-refractivity contribution in [3.63, 3.8) is 0 Å². The van der Waals surface area contributed by atoms with Gasteiger partial charge in [0.1, 0.15) is 0 Å². The van der Waals surface area contributed by atoms with Gasteiger partial charge in [0.25, 0.3) is 5.56 Å². The molecule has 2 aromatic carbocycles. The van der Waals surface area contributed by atoms with Gasteiger partial charge in [0, 0.05) is 23.5 Å². The van der Waals surface area contributed by atoms with Crippen molar-refractivity contribution in [2.75, 3.05) is 19.5 Å². The molecule has 0 radical (unpaired) electrons. The number of carbonyl (C=O) groups is 1. The van der Waals surface area contributed by atoms with Gasteiger partial charge in [-0.3, -0.25) is 14.2 Å². The van der Waals surface area contributed by atoms with E-state index < -0.39 is 5.91 Å². The molecule has 0 aliphatic carbocycles. The van der Waals surface area contributed by atoms with E-state index in [1.807, 2.05) is 25.1 Å². The Balaban J connectivity index is 1.78. The highest BCUT2D eigenvalue weighted by molar-refractivity contribution is 7.98. The molecule has 1 amide bonds. The van der Waals surface area contributed by atoms with Crippen molar-refractivity contribution in [3.8, 4) is 11.5 Å². The minimum atomic E-state index is -0.518. The zero-order chi connectivity index (χ0) is 22.4. The normalized spacial score (nSPS) is 10.5. The first-order valence-corrected chi connectivity index (χ1v) is 10.4. The van der Waals surface area contributed by atoms with Crippen LogP contribution in [0, 0.1) is 0 Å². The lowest BCUT2D eigenvalue weighted by molar-refractivity contribution is 0.100. The van der Waals surface area contributed by atoms with Crippen LogP contribution in [-0.2, 0) is 12.3 Å². The van der Waals surface area contributed by atoms with Crippen LogP contribution in [0.2, 0.25) is 0 Å². The molecule has 1 aromatic heterocycles. The van der Waals surface area contributed by atoms with Gasteiger partial charge in [0.2, 0.25) is 11.7 Å². The highest BCUT2D eigenvalue weighted by Crippen LogP contribution is 2.30. The Labute approximate surface area is 183 Å². The predicted molar refractivity (Wildman–Crippen MR) is 119 cm³/mol. The summed E-state index contributed by atoms with van der Waals surface area (Å²) in [6, 6.07) is 12.1. The van der Waals surface area contributed by atoms with E-state index in [9.17, 15) is 9.59 Å². The zero-order valence-electron chi connectivity index (χ0n) is 17.4. The Bertz CT molecular complexity index is 1130. The minimum Gasteiger partial charge on any atom is -0.493 e. The van der Waals surface area contributed by atoms with E-state index in [1.54, 1.807) is 43.1 Å². The zero-order valence-corrected chi connectivity index (χ0v) is 18.2. The molecule has 0 saturated carbocycles. The quantitative estimate of drug-likeness (QED) is 0.486. The summed E-state index contributed by atoms with van der Waals surface area (Å²) in [5.41, 5.74) is 6.94. The second-order valence-corrected chi connectivity index (χ2v) is 7.37. The maximum absolute atomic E-state index is 12.9. The number of hydrogen-bond acceptors (Lipinski definition) is 8. The van der Waals surface area contributed by atoms with Gasteiger partial charge in [-0.15, -0.1) is 10.2 Å². The fourth-order valence-corrected chi connectivity index (χ4v) is 3.78. The number of hydrogen-bond donors (Lipinski definition) is 2. The standard InChI is InChI=1S/C21H23N5O4S/c1-4-26-20(28)19(23-15-8-6-14(7-9-15)18(22)27)24-25-21(26)31-12-13-5-10-16(29-2)17(11-13)30-3/h5-11H,4,12H2,1-3H3,(H2,22,27)(H,23,24). The molecule has 3 rings (SSSR count). The molecule has 0 bridgehead atoms. The molecule has 0 aliphatic rings. The van der Waals surface area contributed by atoms with Crippen molar-refractivity contribution < 1.29 is 14.3 Å². The maximum Gasteiger partial charge on any atom is 0.297 e. The van der Waals surface area contributed by atoms with Gasteiger partial charge in [-0.1, -0.05) is 17.8 Å². The van der Waals surface area contributed by atoms with Crippen LogP contribution in [0.3, 0.4) is 0 Å². The first-order valence-electron chi connectivity index (χ1n) is 9.45. The fraction of sp³-hybridized carbons (Fsp3) is 0.238. The molecule has 10 heteroatoms. The van der Waals surface area contributed by atoms with E-state index in [0.717, 1.165) is 5.56 Å². The van der Waals surface area contributed by atoms with E-state index in [2.05, 4.69) is 15.5 Å². The van der Waals surface area contributed by atoms with Gasteiger partial charge in [0.15, 0.2) is 16.7 Å². The number of methoxy groups -OCH3 is 2. The van der Waals surface area contributed by atoms with Gasteiger partial charge in [0.05, 0.1) is 14.2 Å². The first kappa shape index (κ1) is 22.2. The topological polar surface area (TPSA) is 121 Å². The van der Waals surface area contributed by atoms with Crippen LogP contribution >= 0.6 is 11.8 Å². The summed E-state index contributed by atoms with van der Waals surface area (Å²) in [5, 5.41) is 11.7. The van der Waals surface area contributed by atoms with Crippen molar-refractivity contribution in [1.82, 2.24) is 14.8 Å². The Hall–Kier alpha value is -3.53. The van der Waals surface area contributed by atoms with Gasteiger partial charge in [-0.05, 0) is 48.9 Å². The van der Waals surface area contributed by atoms with E-state index in [1.165, 1.54) is 11.8 Å². The molecule has 0 fully saturated rings. The lowest BCUT2D eigenvalue weighted by Gasteiger charge is -2.12. The number of nitrogens with one attached hydrogen (secondary N) is 1. The van der Waals surface area contributed by atoms with Crippen LogP contribution in [0.25, 0.3) is 0 Å². The molecule has 1 heterocycles. The third-order valence-electron chi connectivity index (χ3n) is 4.48. The molecule has 3 N–H and O–H groups in total. The molecule has 9 nitrogen and oxygen atoms in total. The predicted octanol–water partition coefficient (Wildman–Crippen LogP) is 2.81. The molecule has 0 spiro atoms. The summed E-state index contributed by atoms with van der Waals surface area (Å²) in [4.78, 5) is 24.1. The summed E-state index contributed by atoms with van der Waals surface area (Å²) in [6.45, 7) is 2.31. The van der Waals surface area contributed by atoms with Crippen molar-refractivity contribution in [2.45, 2.75) is 24.4 Å². The summed E-state index contributed by atoms with van der Waals surface area (Å²) in [6.07, 6.45) is 0. The smallest absolute Gasteiger partial charge is 0.297 e. The molecule has 0 saturated heterocycles.